The molecule has 12 nitrogen and oxygen atoms in total. The standard InChI is InChI=1S/C42H51FN8O4S/c1-4-39-36(40(48-33-14-18-55-19-15-33)37-24-46-51(5-2)41(37)49-39)25-47-56(53,54)34-11-7-10-32(22-34)42(52)45-23-29-12-13-38(43)35(21-29)31-9-6-8-30(20-31)27-50-17-16-44-28(3)26-50/h6-13,20-22,24,28,33,44,47H,4-5,14-19,23,25-27H2,1-3H3,(H,45,52)(H,48,49)/t28-/m0/s1. The van der Waals surface area contributed by atoms with Crippen LogP contribution in [0.5, 0.6) is 0 Å². The van der Waals surface area contributed by atoms with Crippen LogP contribution in [0.25, 0.3) is 22.2 Å². The molecule has 14 heteroatoms. The van der Waals surface area contributed by atoms with Crippen molar-refractivity contribution in [3.05, 3.63) is 107 Å². The summed E-state index contributed by atoms with van der Waals surface area (Å²) < 4.78 is 52.9. The number of ether oxygens (including phenoxy) is 1. The van der Waals surface area contributed by atoms with E-state index in [1.807, 2.05) is 36.7 Å². The van der Waals surface area contributed by atoms with E-state index in [2.05, 4.69) is 43.7 Å². The number of aryl methyl sites for hydroxylation is 2. The van der Waals surface area contributed by atoms with E-state index in [1.54, 1.807) is 30.5 Å². The Bertz CT molecular complexity index is 2290. The molecule has 2 saturated heterocycles. The van der Waals surface area contributed by atoms with Crippen LogP contribution in [-0.4, -0.2) is 78.9 Å². The van der Waals surface area contributed by atoms with Gasteiger partial charge in [-0.05, 0) is 86.2 Å². The number of nitrogens with one attached hydrogen (secondary N) is 4. The van der Waals surface area contributed by atoms with E-state index in [9.17, 15) is 13.2 Å². The van der Waals surface area contributed by atoms with Crippen LogP contribution in [0, 0.1) is 5.82 Å². The molecule has 0 aliphatic carbocycles. The summed E-state index contributed by atoms with van der Waals surface area (Å²) in [5.41, 5.74) is 6.37. The normalized spacial score (nSPS) is 17.0. The Balaban J connectivity index is 1.04. The van der Waals surface area contributed by atoms with E-state index < -0.39 is 15.9 Å². The smallest absolute Gasteiger partial charge is 0.251 e. The van der Waals surface area contributed by atoms with Crippen LogP contribution in [-0.2, 0) is 47.4 Å². The van der Waals surface area contributed by atoms with Crippen molar-refractivity contribution in [2.75, 3.05) is 38.2 Å². The summed E-state index contributed by atoms with van der Waals surface area (Å²) in [5.74, 6) is -0.790. The molecule has 4 N–H and O–H groups in total. The molecule has 2 aliphatic heterocycles. The van der Waals surface area contributed by atoms with Gasteiger partial charge in [-0.25, -0.2) is 27.2 Å². The fourth-order valence-electron chi connectivity index (χ4n) is 7.59. The maximum Gasteiger partial charge on any atom is 0.251 e. The number of anilines is 1. The molecule has 2 aromatic heterocycles. The lowest BCUT2D eigenvalue weighted by atomic mass is 10.00. The molecule has 1 amide bonds. The van der Waals surface area contributed by atoms with Gasteiger partial charge in [0.2, 0.25) is 10.0 Å². The predicted molar refractivity (Wildman–Crippen MR) is 216 cm³/mol. The van der Waals surface area contributed by atoms with Gasteiger partial charge in [-0.1, -0.05) is 37.3 Å². The number of amides is 1. The fourth-order valence-corrected chi connectivity index (χ4v) is 8.64. The third-order valence-corrected chi connectivity index (χ3v) is 12.0. The average Bonchev–Trinajstić information content (AvgIpc) is 3.63. The van der Waals surface area contributed by atoms with Gasteiger partial charge in [0.25, 0.3) is 5.91 Å². The highest BCUT2D eigenvalue weighted by Crippen LogP contribution is 2.32. The average molecular weight is 783 g/mol. The van der Waals surface area contributed by atoms with Crippen LogP contribution in [0.2, 0.25) is 0 Å². The number of pyridine rings is 1. The number of aromatic nitrogens is 3. The highest BCUT2D eigenvalue weighted by atomic mass is 32.2. The van der Waals surface area contributed by atoms with Crippen molar-refractivity contribution in [2.24, 2.45) is 0 Å². The minimum atomic E-state index is -4.04. The predicted octanol–water partition coefficient (Wildman–Crippen LogP) is 5.61. The summed E-state index contributed by atoms with van der Waals surface area (Å²) in [6, 6.07) is 19.3. The molecule has 0 unspecified atom stereocenters. The molecule has 0 saturated carbocycles. The van der Waals surface area contributed by atoms with Gasteiger partial charge in [0.1, 0.15) is 5.82 Å². The number of rotatable bonds is 14. The molecule has 4 heterocycles. The van der Waals surface area contributed by atoms with E-state index in [1.165, 1.54) is 18.2 Å². The van der Waals surface area contributed by atoms with E-state index in [4.69, 9.17) is 9.72 Å². The molecular formula is C42H51FN8O4S. The monoisotopic (exact) mass is 782 g/mol. The lowest BCUT2D eigenvalue weighted by Crippen LogP contribution is -2.48. The largest absolute Gasteiger partial charge is 0.381 e. The molecule has 2 fully saturated rings. The SMILES string of the molecule is CCc1nc2c(cnn2CC)c(NC2CCOCC2)c1CNS(=O)(=O)c1cccc(C(=O)NCc2ccc(F)c(-c3cccc(CN4CCN[C@@H](C)C4)c3)c2)c1. The molecule has 0 radical (unpaired) electrons. The Kier molecular flexibility index (Phi) is 12.4. The lowest BCUT2D eigenvalue weighted by Gasteiger charge is -2.31. The number of hydrogen-bond donors (Lipinski definition) is 4. The van der Waals surface area contributed by atoms with Crippen LogP contribution >= 0.6 is 0 Å². The number of benzene rings is 3. The summed E-state index contributed by atoms with van der Waals surface area (Å²) >= 11 is 0. The van der Waals surface area contributed by atoms with Gasteiger partial charge in [-0.15, -0.1) is 0 Å². The number of hydrogen-bond acceptors (Lipinski definition) is 9. The third kappa shape index (κ3) is 9.11. The van der Waals surface area contributed by atoms with E-state index in [0.717, 1.165) is 78.1 Å². The molecule has 296 valence electrons. The second-order valence-electron chi connectivity index (χ2n) is 14.6. The topological polar surface area (TPSA) is 143 Å². The molecule has 0 spiro atoms. The first-order valence-corrected chi connectivity index (χ1v) is 21.0. The first kappa shape index (κ1) is 39.5. The first-order chi connectivity index (χ1) is 27.1. The molecule has 1 atom stereocenters. The number of piperazine rings is 1. The number of sulfonamides is 1. The van der Waals surface area contributed by atoms with E-state index >= 15 is 4.39 Å². The number of halogens is 1. The number of carbonyl (C=O) groups is 1. The molecule has 5 aromatic rings. The minimum absolute atomic E-state index is 0.00151. The number of carbonyl (C=O) groups excluding carboxylic acids is 1. The highest BCUT2D eigenvalue weighted by molar-refractivity contribution is 7.89. The summed E-state index contributed by atoms with van der Waals surface area (Å²) in [7, 11) is -4.04. The fraction of sp³-hybridized carbons (Fsp3) is 0.405. The lowest BCUT2D eigenvalue weighted by molar-refractivity contribution is 0.0904. The third-order valence-electron chi connectivity index (χ3n) is 10.6. The number of fused-ring (bicyclic) bond motifs is 1. The Morgan fingerprint density at radius 2 is 1.84 bits per heavy atom. The van der Waals surface area contributed by atoms with Crippen LogP contribution in [0.15, 0.2) is 77.8 Å². The minimum Gasteiger partial charge on any atom is -0.381 e. The van der Waals surface area contributed by atoms with Gasteiger partial charge in [-0.3, -0.25) is 9.69 Å². The molecule has 2 aliphatic rings. The second-order valence-corrected chi connectivity index (χ2v) is 16.4. The Morgan fingerprint density at radius 3 is 2.62 bits per heavy atom. The second kappa shape index (κ2) is 17.6. The zero-order chi connectivity index (χ0) is 39.2. The summed E-state index contributed by atoms with van der Waals surface area (Å²) in [6.07, 6.45) is 4.05. The van der Waals surface area contributed by atoms with Crippen molar-refractivity contribution >= 4 is 32.7 Å². The van der Waals surface area contributed by atoms with Crippen molar-refractivity contribution in [2.45, 2.75) is 83.2 Å². The summed E-state index contributed by atoms with van der Waals surface area (Å²) in [5, 5.41) is 15.4. The quantitative estimate of drug-likeness (QED) is 0.113. The van der Waals surface area contributed by atoms with Gasteiger partial charge in [0.05, 0.1) is 22.2 Å². The van der Waals surface area contributed by atoms with Crippen molar-refractivity contribution in [3.8, 4) is 11.1 Å². The molecule has 7 rings (SSSR count). The Hall–Kier alpha value is -4.73. The zero-order valence-electron chi connectivity index (χ0n) is 32.3. The van der Waals surface area contributed by atoms with Crippen molar-refractivity contribution in [3.63, 3.8) is 0 Å². The van der Waals surface area contributed by atoms with Crippen molar-refractivity contribution in [1.82, 2.24) is 35.0 Å². The molecule has 3 aromatic carbocycles. The molecule has 0 bridgehead atoms. The first-order valence-electron chi connectivity index (χ1n) is 19.5. The van der Waals surface area contributed by atoms with E-state index in [-0.39, 0.29) is 35.4 Å². The Morgan fingerprint density at radius 1 is 1.02 bits per heavy atom. The highest BCUT2D eigenvalue weighted by Gasteiger charge is 2.24. The summed E-state index contributed by atoms with van der Waals surface area (Å²) in [6.45, 7) is 11.9. The van der Waals surface area contributed by atoms with Crippen molar-refractivity contribution in [1.29, 1.82) is 0 Å². The number of nitrogens with zero attached hydrogens (tertiary/aromatic N) is 4. The van der Waals surface area contributed by atoms with Crippen LogP contribution in [0.3, 0.4) is 0 Å². The van der Waals surface area contributed by atoms with E-state index in [0.29, 0.717) is 43.3 Å². The van der Waals surface area contributed by atoms with Crippen LogP contribution in [0.1, 0.15) is 66.4 Å². The Labute approximate surface area is 328 Å². The summed E-state index contributed by atoms with van der Waals surface area (Å²) in [4.78, 5) is 20.7. The van der Waals surface area contributed by atoms with Crippen LogP contribution < -0.4 is 20.7 Å². The maximum atomic E-state index is 15.2. The molecular weight excluding hydrogens is 732 g/mol. The van der Waals surface area contributed by atoms with Gasteiger partial charge < -0.3 is 20.7 Å². The zero-order valence-corrected chi connectivity index (χ0v) is 33.1. The van der Waals surface area contributed by atoms with Gasteiger partial charge in [-0.2, -0.15) is 5.10 Å². The van der Waals surface area contributed by atoms with Gasteiger partial charge in [0.15, 0.2) is 5.65 Å². The maximum absolute atomic E-state index is 15.2. The van der Waals surface area contributed by atoms with Crippen LogP contribution in [0.4, 0.5) is 10.1 Å². The van der Waals surface area contributed by atoms with Gasteiger partial charge >= 0.3 is 0 Å². The van der Waals surface area contributed by atoms with Crippen molar-refractivity contribution < 1.29 is 22.3 Å². The molecule has 56 heavy (non-hydrogen) atoms. The van der Waals surface area contributed by atoms with Gasteiger partial charge in [0, 0.05) is 93.5 Å².